The third kappa shape index (κ3) is 4.00. The van der Waals surface area contributed by atoms with Gasteiger partial charge in [-0.15, -0.1) is 0 Å². The van der Waals surface area contributed by atoms with Gasteiger partial charge in [0, 0.05) is 31.3 Å². The average molecular weight is 342 g/mol. The summed E-state index contributed by atoms with van der Waals surface area (Å²) in [6, 6.07) is 1.98. The number of piperidine rings is 1. The molecule has 0 bridgehead atoms. The van der Waals surface area contributed by atoms with Crippen molar-refractivity contribution in [3.8, 4) is 0 Å². The number of hydrogen-bond acceptors (Lipinski definition) is 5. The van der Waals surface area contributed by atoms with Crippen LogP contribution in [0.15, 0.2) is 23.0 Å². The number of hydrogen-bond donors (Lipinski definition) is 1. The molecule has 134 valence electrons. The van der Waals surface area contributed by atoms with Crippen molar-refractivity contribution in [2.45, 2.75) is 52.4 Å². The summed E-state index contributed by atoms with van der Waals surface area (Å²) in [5.74, 6) is 0.744. The maximum Gasteiger partial charge on any atom is 0.229 e. The van der Waals surface area contributed by atoms with E-state index in [0.717, 1.165) is 54.3 Å². The fourth-order valence-electron chi connectivity index (χ4n) is 3.39. The lowest BCUT2D eigenvalue weighted by Gasteiger charge is -2.30. The van der Waals surface area contributed by atoms with Gasteiger partial charge in [-0.3, -0.25) is 9.78 Å². The summed E-state index contributed by atoms with van der Waals surface area (Å²) in [6.07, 6.45) is 8.95. The number of amides is 1. The molecule has 1 aliphatic rings. The van der Waals surface area contributed by atoms with Gasteiger partial charge in [0.15, 0.2) is 0 Å². The van der Waals surface area contributed by atoms with Crippen molar-refractivity contribution >= 4 is 17.3 Å². The minimum atomic E-state index is -0.0566. The van der Waals surface area contributed by atoms with E-state index < -0.39 is 0 Å². The zero-order chi connectivity index (χ0) is 17.6. The van der Waals surface area contributed by atoms with Crippen molar-refractivity contribution in [2.75, 3.05) is 23.3 Å². The standard InChI is InChI=1S/C19H26N4O2/c1-3-15-14(18(4-2)25-22-15)12-19(24)21-16-13-20-9-8-17(16)23-10-6-5-7-11-23/h8-9,13H,3-7,10-12H2,1-2H3,(H,21,24). The first-order chi connectivity index (χ1) is 12.2. The summed E-state index contributed by atoms with van der Waals surface area (Å²) in [7, 11) is 0. The Balaban J connectivity index is 1.74. The van der Waals surface area contributed by atoms with Gasteiger partial charge in [-0.1, -0.05) is 19.0 Å². The molecule has 2 aromatic heterocycles. The fraction of sp³-hybridized carbons (Fsp3) is 0.526. The van der Waals surface area contributed by atoms with Crippen molar-refractivity contribution in [1.82, 2.24) is 10.1 Å². The largest absolute Gasteiger partial charge is 0.370 e. The number of nitrogens with zero attached hydrogens (tertiary/aromatic N) is 3. The summed E-state index contributed by atoms with van der Waals surface area (Å²) in [5.41, 5.74) is 3.63. The molecular weight excluding hydrogens is 316 g/mol. The minimum absolute atomic E-state index is 0.0566. The quantitative estimate of drug-likeness (QED) is 0.871. The molecule has 0 aromatic carbocycles. The number of pyridine rings is 1. The minimum Gasteiger partial charge on any atom is -0.370 e. The zero-order valence-corrected chi connectivity index (χ0v) is 15.0. The Morgan fingerprint density at radius 3 is 2.76 bits per heavy atom. The van der Waals surface area contributed by atoms with Gasteiger partial charge in [-0.2, -0.15) is 0 Å². The highest BCUT2D eigenvalue weighted by Gasteiger charge is 2.19. The first-order valence-electron chi connectivity index (χ1n) is 9.18. The summed E-state index contributed by atoms with van der Waals surface area (Å²) in [4.78, 5) is 19.1. The molecule has 1 aliphatic heterocycles. The van der Waals surface area contributed by atoms with Crippen LogP contribution in [-0.4, -0.2) is 29.1 Å². The monoisotopic (exact) mass is 342 g/mol. The number of carbonyl (C=O) groups excluding carboxylic acids is 1. The maximum atomic E-state index is 12.6. The van der Waals surface area contributed by atoms with Gasteiger partial charge in [-0.05, 0) is 31.7 Å². The number of aryl methyl sites for hydroxylation is 2. The van der Waals surface area contributed by atoms with Crippen LogP contribution in [0.5, 0.6) is 0 Å². The number of aromatic nitrogens is 2. The van der Waals surface area contributed by atoms with E-state index >= 15 is 0 Å². The molecule has 1 N–H and O–H groups in total. The van der Waals surface area contributed by atoms with Crippen LogP contribution in [-0.2, 0) is 24.1 Å². The zero-order valence-electron chi connectivity index (χ0n) is 15.0. The molecule has 2 aromatic rings. The average Bonchev–Trinajstić information content (AvgIpc) is 3.04. The van der Waals surface area contributed by atoms with Crippen LogP contribution in [0, 0.1) is 0 Å². The van der Waals surface area contributed by atoms with Gasteiger partial charge in [0.05, 0.1) is 29.7 Å². The van der Waals surface area contributed by atoms with Crippen LogP contribution in [0.3, 0.4) is 0 Å². The number of rotatable bonds is 6. The lowest BCUT2D eigenvalue weighted by molar-refractivity contribution is -0.115. The SMILES string of the molecule is CCc1noc(CC)c1CC(=O)Nc1cnccc1N1CCCCC1. The Morgan fingerprint density at radius 2 is 2.04 bits per heavy atom. The second kappa shape index (κ2) is 8.14. The fourth-order valence-corrected chi connectivity index (χ4v) is 3.39. The van der Waals surface area contributed by atoms with Gasteiger partial charge < -0.3 is 14.7 Å². The Labute approximate surface area is 148 Å². The maximum absolute atomic E-state index is 12.6. The molecule has 1 fully saturated rings. The highest BCUT2D eigenvalue weighted by atomic mass is 16.5. The molecular formula is C19H26N4O2. The van der Waals surface area contributed by atoms with Gasteiger partial charge in [0.1, 0.15) is 5.76 Å². The lowest BCUT2D eigenvalue weighted by Crippen LogP contribution is -2.30. The van der Waals surface area contributed by atoms with E-state index in [-0.39, 0.29) is 12.3 Å². The highest BCUT2D eigenvalue weighted by Crippen LogP contribution is 2.27. The van der Waals surface area contributed by atoms with Crippen molar-refractivity contribution in [1.29, 1.82) is 0 Å². The summed E-state index contributed by atoms with van der Waals surface area (Å²) < 4.78 is 5.36. The van der Waals surface area contributed by atoms with Crippen LogP contribution in [0.4, 0.5) is 11.4 Å². The van der Waals surface area contributed by atoms with Crippen LogP contribution in [0.2, 0.25) is 0 Å². The Morgan fingerprint density at radius 1 is 1.24 bits per heavy atom. The molecule has 0 atom stereocenters. The predicted octanol–water partition coefficient (Wildman–Crippen LogP) is 3.37. The molecule has 1 saturated heterocycles. The van der Waals surface area contributed by atoms with Crippen molar-refractivity contribution < 1.29 is 9.32 Å². The van der Waals surface area contributed by atoms with Gasteiger partial charge >= 0.3 is 0 Å². The van der Waals surface area contributed by atoms with Gasteiger partial charge in [0.2, 0.25) is 5.91 Å². The third-order valence-corrected chi connectivity index (χ3v) is 4.71. The Kier molecular flexibility index (Phi) is 5.68. The van der Waals surface area contributed by atoms with Crippen molar-refractivity contribution in [3.05, 3.63) is 35.5 Å². The molecule has 6 heteroatoms. The molecule has 0 spiro atoms. The molecule has 0 aliphatic carbocycles. The summed E-state index contributed by atoms with van der Waals surface area (Å²) in [6.45, 7) is 6.09. The Bertz CT molecular complexity index is 698. The van der Waals surface area contributed by atoms with E-state index in [1.165, 1.54) is 19.3 Å². The van der Waals surface area contributed by atoms with Crippen LogP contribution in [0.1, 0.15) is 50.1 Å². The van der Waals surface area contributed by atoms with Gasteiger partial charge in [-0.25, -0.2) is 0 Å². The third-order valence-electron chi connectivity index (χ3n) is 4.71. The number of carbonyl (C=O) groups is 1. The van der Waals surface area contributed by atoms with E-state index in [1.807, 2.05) is 19.9 Å². The van der Waals surface area contributed by atoms with E-state index in [1.54, 1.807) is 12.4 Å². The smallest absolute Gasteiger partial charge is 0.229 e. The van der Waals surface area contributed by atoms with Crippen LogP contribution < -0.4 is 10.2 Å². The number of anilines is 2. The van der Waals surface area contributed by atoms with E-state index in [4.69, 9.17) is 4.52 Å². The Hall–Kier alpha value is -2.37. The van der Waals surface area contributed by atoms with Crippen LogP contribution >= 0.6 is 0 Å². The molecule has 3 rings (SSSR count). The summed E-state index contributed by atoms with van der Waals surface area (Å²) in [5, 5.41) is 7.12. The normalized spacial score (nSPS) is 14.6. The first-order valence-corrected chi connectivity index (χ1v) is 9.18. The second-order valence-electron chi connectivity index (χ2n) is 6.40. The van der Waals surface area contributed by atoms with Crippen molar-refractivity contribution in [2.24, 2.45) is 0 Å². The molecule has 3 heterocycles. The highest BCUT2D eigenvalue weighted by molar-refractivity contribution is 5.95. The van der Waals surface area contributed by atoms with Crippen molar-refractivity contribution in [3.63, 3.8) is 0 Å². The van der Waals surface area contributed by atoms with Crippen LogP contribution in [0.25, 0.3) is 0 Å². The topological polar surface area (TPSA) is 71.3 Å². The molecule has 0 radical (unpaired) electrons. The van der Waals surface area contributed by atoms with E-state index in [0.29, 0.717) is 0 Å². The first kappa shape index (κ1) is 17.5. The van der Waals surface area contributed by atoms with Gasteiger partial charge in [0.25, 0.3) is 0 Å². The molecule has 0 saturated carbocycles. The molecule has 25 heavy (non-hydrogen) atoms. The molecule has 0 unspecified atom stereocenters. The van der Waals surface area contributed by atoms with E-state index in [2.05, 4.69) is 20.4 Å². The number of nitrogens with one attached hydrogen (secondary N) is 1. The lowest BCUT2D eigenvalue weighted by atomic mass is 10.1. The van der Waals surface area contributed by atoms with E-state index in [9.17, 15) is 4.79 Å². The molecule has 6 nitrogen and oxygen atoms in total. The summed E-state index contributed by atoms with van der Waals surface area (Å²) >= 11 is 0. The molecule has 1 amide bonds. The second-order valence-corrected chi connectivity index (χ2v) is 6.40. The predicted molar refractivity (Wildman–Crippen MR) is 97.9 cm³/mol.